The number of ether oxygens (including phenoxy) is 1. The first-order valence-corrected chi connectivity index (χ1v) is 12.6. The molecule has 1 N–H and O–H groups in total. The summed E-state index contributed by atoms with van der Waals surface area (Å²) in [6.07, 6.45) is 2.66. The van der Waals surface area contributed by atoms with Crippen LogP contribution in [0.25, 0.3) is 0 Å². The van der Waals surface area contributed by atoms with Crippen LogP contribution in [0.4, 0.5) is 0 Å². The Morgan fingerprint density at radius 3 is 2.57 bits per heavy atom. The van der Waals surface area contributed by atoms with E-state index in [-0.39, 0.29) is 17.7 Å². The third-order valence-electron chi connectivity index (χ3n) is 6.48. The van der Waals surface area contributed by atoms with E-state index in [2.05, 4.69) is 70.0 Å². The Labute approximate surface area is 207 Å². The summed E-state index contributed by atoms with van der Waals surface area (Å²) in [5.41, 5.74) is 2.69. The van der Waals surface area contributed by atoms with E-state index in [4.69, 9.17) is 9.15 Å². The number of rotatable bonds is 10. The summed E-state index contributed by atoms with van der Waals surface area (Å²) in [5.74, 6) is 2.83. The molecule has 0 saturated carbocycles. The normalized spacial score (nSPS) is 15.1. The van der Waals surface area contributed by atoms with E-state index in [9.17, 15) is 4.79 Å². The van der Waals surface area contributed by atoms with Crippen molar-refractivity contribution in [2.75, 3.05) is 20.2 Å². The van der Waals surface area contributed by atoms with Gasteiger partial charge in [0.15, 0.2) is 11.6 Å². The smallest absolute Gasteiger partial charge is 0.287 e. The molecular formula is C27H37N5O3. The Morgan fingerprint density at radius 1 is 1.09 bits per heavy atom. The maximum atomic E-state index is 13.0. The summed E-state index contributed by atoms with van der Waals surface area (Å²) in [7, 11) is 1.60. The lowest BCUT2D eigenvalue weighted by atomic mass is 10.0. The Kier molecular flexibility index (Phi) is 8.36. The molecule has 0 saturated heterocycles. The summed E-state index contributed by atoms with van der Waals surface area (Å²) in [4.78, 5) is 15.4. The summed E-state index contributed by atoms with van der Waals surface area (Å²) >= 11 is 0. The van der Waals surface area contributed by atoms with E-state index in [1.54, 1.807) is 19.2 Å². The number of furan rings is 1. The summed E-state index contributed by atoms with van der Waals surface area (Å²) < 4.78 is 12.9. The number of nitrogens with one attached hydrogen (secondary N) is 1. The van der Waals surface area contributed by atoms with E-state index >= 15 is 0 Å². The van der Waals surface area contributed by atoms with Crippen molar-refractivity contribution in [2.24, 2.45) is 5.92 Å². The van der Waals surface area contributed by atoms with Gasteiger partial charge in [0.05, 0.1) is 6.04 Å². The fourth-order valence-electron chi connectivity index (χ4n) is 4.59. The zero-order valence-electron chi connectivity index (χ0n) is 21.3. The molecule has 1 amide bonds. The van der Waals surface area contributed by atoms with Gasteiger partial charge in [-0.2, -0.15) is 0 Å². The molecule has 1 unspecified atom stereocenters. The van der Waals surface area contributed by atoms with Crippen LogP contribution in [0.15, 0.2) is 40.8 Å². The average Bonchev–Trinajstić information content (AvgIpc) is 3.43. The highest BCUT2D eigenvalue weighted by Crippen LogP contribution is 2.24. The lowest BCUT2D eigenvalue weighted by molar-refractivity contribution is 0.0892. The second-order valence-corrected chi connectivity index (χ2v) is 9.68. The second-order valence-electron chi connectivity index (χ2n) is 9.68. The molecule has 1 aliphatic rings. The zero-order valence-corrected chi connectivity index (χ0v) is 21.3. The van der Waals surface area contributed by atoms with Gasteiger partial charge in [0.2, 0.25) is 0 Å². The summed E-state index contributed by atoms with van der Waals surface area (Å²) in [6, 6.07) is 12.1. The average molecular weight is 480 g/mol. The van der Waals surface area contributed by atoms with Crippen LogP contribution >= 0.6 is 0 Å². The molecule has 3 heterocycles. The van der Waals surface area contributed by atoms with E-state index < -0.39 is 0 Å². The van der Waals surface area contributed by atoms with Crippen molar-refractivity contribution < 1.29 is 13.9 Å². The third kappa shape index (κ3) is 6.38. The molecule has 8 heteroatoms. The SMILES string of the molecule is CCc1ccc(CN2CCc3nnc(C(CC(C)C)NC(=O)c4ccc(COC)o4)n3CC2)cc1. The number of methoxy groups -OCH3 is 1. The van der Waals surface area contributed by atoms with Gasteiger partial charge < -0.3 is 19.0 Å². The van der Waals surface area contributed by atoms with Gasteiger partial charge >= 0.3 is 0 Å². The number of fused-ring (bicyclic) bond motifs is 1. The van der Waals surface area contributed by atoms with Crippen molar-refractivity contribution in [1.82, 2.24) is 25.0 Å². The van der Waals surface area contributed by atoms with Crippen LogP contribution in [0, 0.1) is 5.92 Å². The Morgan fingerprint density at radius 2 is 1.86 bits per heavy atom. The number of nitrogens with zero attached hydrogens (tertiary/aromatic N) is 4. The fourth-order valence-corrected chi connectivity index (χ4v) is 4.59. The first kappa shape index (κ1) is 25.1. The number of hydrogen-bond donors (Lipinski definition) is 1. The van der Waals surface area contributed by atoms with E-state index in [0.717, 1.165) is 57.1 Å². The maximum absolute atomic E-state index is 13.0. The Balaban J connectivity index is 1.46. The molecule has 0 spiro atoms. The number of carbonyl (C=O) groups excluding carboxylic acids is 1. The van der Waals surface area contributed by atoms with E-state index in [0.29, 0.717) is 18.3 Å². The highest BCUT2D eigenvalue weighted by atomic mass is 16.5. The number of aryl methyl sites for hydroxylation is 1. The third-order valence-corrected chi connectivity index (χ3v) is 6.48. The van der Waals surface area contributed by atoms with Gasteiger partial charge in [-0.1, -0.05) is 45.0 Å². The van der Waals surface area contributed by atoms with Crippen molar-refractivity contribution in [2.45, 2.75) is 65.8 Å². The zero-order chi connectivity index (χ0) is 24.8. The minimum atomic E-state index is -0.249. The van der Waals surface area contributed by atoms with Crippen LogP contribution < -0.4 is 5.32 Å². The number of aromatic nitrogens is 3. The molecule has 0 fully saturated rings. The van der Waals surface area contributed by atoms with Crippen LogP contribution in [0.2, 0.25) is 0 Å². The molecule has 35 heavy (non-hydrogen) atoms. The first-order valence-electron chi connectivity index (χ1n) is 12.6. The first-order chi connectivity index (χ1) is 17.0. The lowest BCUT2D eigenvalue weighted by Gasteiger charge is -2.22. The minimum Gasteiger partial charge on any atom is -0.453 e. The van der Waals surface area contributed by atoms with Crippen molar-refractivity contribution in [1.29, 1.82) is 0 Å². The van der Waals surface area contributed by atoms with Gasteiger partial charge in [-0.15, -0.1) is 10.2 Å². The second kappa shape index (κ2) is 11.6. The van der Waals surface area contributed by atoms with Crippen molar-refractivity contribution >= 4 is 5.91 Å². The predicted molar refractivity (Wildman–Crippen MR) is 134 cm³/mol. The van der Waals surface area contributed by atoms with Gasteiger partial charge in [0.1, 0.15) is 18.2 Å². The standard InChI is InChI=1S/C27H37N5O3/c1-5-20-6-8-21(9-7-20)17-31-13-12-25-29-30-26(32(25)15-14-31)23(16-19(2)3)28-27(33)24-11-10-22(35-24)18-34-4/h6-11,19,23H,5,12-18H2,1-4H3,(H,28,33). The van der Waals surface area contributed by atoms with Gasteiger partial charge in [0.25, 0.3) is 5.91 Å². The molecule has 3 aromatic rings. The number of carbonyl (C=O) groups is 1. The van der Waals surface area contributed by atoms with Crippen LogP contribution in [0.1, 0.15) is 72.3 Å². The van der Waals surface area contributed by atoms with Gasteiger partial charge in [-0.3, -0.25) is 9.69 Å². The number of hydrogen-bond acceptors (Lipinski definition) is 6. The van der Waals surface area contributed by atoms with Crippen molar-refractivity contribution in [3.8, 4) is 0 Å². The monoisotopic (exact) mass is 479 g/mol. The fraction of sp³-hybridized carbons (Fsp3) is 0.519. The Bertz CT molecular complexity index is 1100. The van der Waals surface area contributed by atoms with Crippen LogP contribution in [-0.2, 0) is 37.3 Å². The van der Waals surface area contributed by atoms with Crippen molar-refractivity contribution in [3.05, 3.63) is 70.7 Å². The molecule has 1 aliphatic heterocycles. The molecule has 0 bridgehead atoms. The molecule has 0 aliphatic carbocycles. The van der Waals surface area contributed by atoms with E-state index in [1.165, 1.54) is 11.1 Å². The largest absolute Gasteiger partial charge is 0.453 e. The summed E-state index contributed by atoms with van der Waals surface area (Å²) in [6.45, 7) is 10.4. The number of benzene rings is 1. The van der Waals surface area contributed by atoms with Gasteiger partial charge in [-0.25, -0.2) is 0 Å². The molecule has 4 rings (SSSR count). The van der Waals surface area contributed by atoms with Crippen LogP contribution in [0.3, 0.4) is 0 Å². The predicted octanol–water partition coefficient (Wildman–Crippen LogP) is 4.16. The maximum Gasteiger partial charge on any atom is 0.287 e. The van der Waals surface area contributed by atoms with Crippen LogP contribution in [-0.4, -0.2) is 45.8 Å². The highest BCUT2D eigenvalue weighted by Gasteiger charge is 2.27. The molecular weight excluding hydrogens is 442 g/mol. The van der Waals surface area contributed by atoms with Gasteiger partial charge in [-0.05, 0) is 42.0 Å². The number of amides is 1. The van der Waals surface area contributed by atoms with Crippen LogP contribution in [0.5, 0.6) is 0 Å². The van der Waals surface area contributed by atoms with E-state index in [1.807, 2.05) is 0 Å². The molecule has 188 valence electrons. The van der Waals surface area contributed by atoms with Crippen molar-refractivity contribution in [3.63, 3.8) is 0 Å². The summed E-state index contributed by atoms with van der Waals surface area (Å²) in [5, 5.41) is 12.2. The molecule has 2 aromatic heterocycles. The highest BCUT2D eigenvalue weighted by molar-refractivity contribution is 5.91. The molecule has 0 radical (unpaired) electrons. The van der Waals surface area contributed by atoms with Gasteiger partial charge in [0, 0.05) is 39.7 Å². The molecule has 8 nitrogen and oxygen atoms in total. The Hall–Kier alpha value is -2.97. The minimum absolute atomic E-state index is 0.243. The lowest BCUT2D eigenvalue weighted by Crippen LogP contribution is -2.32. The topological polar surface area (TPSA) is 85.4 Å². The molecule has 1 aromatic carbocycles. The quantitative estimate of drug-likeness (QED) is 0.470. The molecule has 1 atom stereocenters.